The van der Waals surface area contributed by atoms with Crippen molar-refractivity contribution in [1.29, 1.82) is 0 Å². The second-order valence-electron chi connectivity index (χ2n) is 6.40. The predicted molar refractivity (Wildman–Crippen MR) is 117 cm³/mol. The number of anilines is 2. The number of nitrogens with one attached hydrogen (secondary N) is 2. The Balaban J connectivity index is 1.99. The molecule has 0 spiro atoms. The van der Waals surface area contributed by atoms with Crippen molar-refractivity contribution in [1.82, 2.24) is 4.90 Å². The van der Waals surface area contributed by atoms with Gasteiger partial charge in [-0.15, -0.1) is 0 Å². The molecule has 0 saturated carbocycles. The van der Waals surface area contributed by atoms with Gasteiger partial charge in [0.2, 0.25) is 10.0 Å². The summed E-state index contributed by atoms with van der Waals surface area (Å²) in [5, 5.41) is 2.78. The molecule has 0 heterocycles. The zero-order valence-electron chi connectivity index (χ0n) is 17.1. The number of sulfonamides is 1. The fourth-order valence-corrected chi connectivity index (χ4v) is 3.33. The van der Waals surface area contributed by atoms with Crippen molar-refractivity contribution in [2.45, 2.75) is 20.8 Å². The molecule has 2 N–H and O–H groups in total. The smallest absolute Gasteiger partial charge is 0.257 e. The van der Waals surface area contributed by atoms with Crippen molar-refractivity contribution in [2.75, 3.05) is 42.0 Å². The molecule has 0 atom stereocenters. The second-order valence-corrected chi connectivity index (χ2v) is 8.42. The van der Waals surface area contributed by atoms with E-state index in [0.717, 1.165) is 25.4 Å². The predicted octanol–water partition coefficient (Wildman–Crippen LogP) is 3.42. The maximum Gasteiger partial charge on any atom is 0.257 e. The summed E-state index contributed by atoms with van der Waals surface area (Å²) < 4.78 is 31.9. The minimum atomic E-state index is -3.48. The average molecular weight is 420 g/mol. The second kappa shape index (κ2) is 10.8. The quantitative estimate of drug-likeness (QED) is 0.583. The molecule has 0 aliphatic rings. The molecule has 2 aromatic rings. The first kappa shape index (κ1) is 22.7. The summed E-state index contributed by atoms with van der Waals surface area (Å²) in [6.07, 6.45) is 0. The Labute approximate surface area is 173 Å². The van der Waals surface area contributed by atoms with Gasteiger partial charge in [-0.05, 0) is 56.4 Å². The van der Waals surface area contributed by atoms with Gasteiger partial charge in [0, 0.05) is 12.2 Å². The van der Waals surface area contributed by atoms with Crippen LogP contribution in [0.2, 0.25) is 0 Å². The highest BCUT2D eigenvalue weighted by molar-refractivity contribution is 7.92. The topological polar surface area (TPSA) is 87.7 Å². The number of likely N-dealkylation sites (N-methyl/N-ethyl adjacent to an activating group) is 1. The number of rotatable bonds is 11. The molecule has 158 valence electrons. The Kier molecular flexibility index (Phi) is 8.48. The Morgan fingerprint density at radius 1 is 1.00 bits per heavy atom. The van der Waals surface area contributed by atoms with Gasteiger partial charge in [0.15, 0.2) is 0 Å². The van der Waals surface area contributed by atoms with Gasteiger partial charge in [0.25, 0.3) is 5.91 Å². The van der Waals surface area contributed by atoms with Gasteiger partial charge in [-0.3, -0.25) is 9.52 Å². The molecule has 2 aromatic carbocycles. The number of carbonyl (C=O) groups is 1. The third-order valence-corrected chi connectivity index (χ3v) is 5.79. The normalized spacial score (nSPS) is 11.3. The standard InChI is InChI=1S/C21H29N3O4S/c1-4-24(5-2)15-16-28-18-13-11-17(12-14-18)22-21(25)19-9-7-8-10-20(19)23-29(26,27)6-3/h7-14,23H,4-6,15-16H2,1-3H3,(H,22,25). The Bertz CT molecular complexity index is 894. The number of benzene rings is 2. The summed E-state index contributed by atoms with van der Waals surface area (Å²) in [5.74, 6) is 0.263. The molecule has 0 fully saturated rings. The average Bonchev–Trinajstić information content (AvgIpc) is 2.72. The van der Waals surface area contributed by atoms with Crippen LogP contribution in [0.4, 0.5) is 11.4 Å². The lowest BCUT2D eigenvalue weighted by Crippen LogP contribution is -2.27. The first-order valence-electron chi connectivity index (χ1n) is 9.74. The molecular weight excluding hydrogens is 390 g/mol. The molecule has 1 amide bonds. The number of hydrogen-bond donors (Lipinski definition) is 2. The van der Waals surface area contributed by atoms with Crippen LogP contribution < -0.4 is 14.8 Å². The summed E-state index contributed by atoms with van der Waals surface area (Å²) in [7, 11) is -3.48. The lowest BCUT2D eigenvalue weighted by atomic mass is 10.1. The van der Waals surface area contributed by atoms with E-state index in [1.165, 1.54) is 6.92 Å². The van der Waals surface area contributed by atoms with Crippen molar-refractivity contribution in [2.24, 2.45) is 0 Å². The van der Waals surface area contributed by atoms with Crippen molar-refractivity contribution in [3.8, 4) is 5.75 Å². The number of amides is 1. The molecule has 8 heteroatoms. The molecule has 0 aliphatic carbocycles. The van der Waals surface area contributed by atoms with Crippen LogP contribution in [-0.2, 0) is 10.0 Å². The van der Waals surface area contributed by atoms with Crippen LogP contribution in [0.15, 0.2) is 48.5 Å². The van der Waals surface area contributed by atoms with Crippen LogP contribution in [0.1, 0.15) is 31.1 Å². The monoisotopic (exact) mass is 419 g/mol. The molecule has 0 radical (unpaired) electrons. The zero-order valence-corrected chi connectivity index (χ0v) is 18.0. The molecule has 0 unspecified atom stereocenters. The third-order valence-electron chi connectivity index (χ3n) is 4.50. The first-order chi connectivity index (χ1) is 13.9. The van der Waals surface area contributed by atoms with Crippen molar-refractivity contribution >= 4 is 27.3 Å². The summed E-state index contributed by atoms with van der Waals surface area (Å²) in [4.78, 5) is 14.9. The van der Waals surface area contributed by atoms with Crippen LogP contribution in [0.5, 0.6) is 5.75 Å². The van der Waals surface area contributed by atoms with E-state index in [0.29, 0.717) is 12.3 Å². The van der Waals surface area contributed by atoms with E-state index < -0.39 is 15.9 Å². The number of nitrogens with zero attached hydrogens (tertiary/aromatic N) is 1. The molecule has 29 heavy (non-hydrogen) atoms. The summed E-state index contributed by atoms with van der Waals surface area (Å²) in [5.41, 5.74) is 1.10. The van der Waals surface area contributed by atoms with Gasteiger partial charge in [-0.2, -0.15) is 0 Å². The van der Waals surface area contributed by atoms with E-state index in [2.05, 4.69) is 28.8 Å². The maximum absolute atomic E-state index is 12.6. The first-order valence-corrected chi connectivity index (χ1v) is 11.4. The fraction of sp³-hybridized carbons (Fsp3) is 0.381. The Morgan fingerprint density at radius 3 is 2.28 bits per heavy atom. The molecule has 0 aliphatic heterocycles. The molecule has 0 bridgehead atoms. The number of carbonyl (C=O) groups excluding carboxylic acids is 1. The highest BCUT2D eigenvalue weighted by Gasteiger charge is 2.15. The van der Waals surface area contributed by atoms with Gasteiger partial charge in [0.05, 0.1) is 17.0 Å². The molecular formula is C21H29N3O4S. The third kappa shape index (κ3) is 7.07. The van der Waals surface area contributed by atoms with E-state index in [4.69, 9.17) is 4.74 Å². The van der Waals surface area contributed by atoms with E-state index in [1.807, 2.05) is 0 Å². The van der Waals surface area contributed by atoms with Crippen LogP contribution >= 0.6 is 0 Å². The van der Waals surface area contributed by atoms with Crippen LogP contribution in [0, 0.1) is 0 Å². The lowest BCUT2D eigenvalue weighted by Gasteiger charge is -2.18. The Morgan fingerprint density at radius 2 is 1.66 bits per heavy atom. The van der Waals surface area contributed by atoms with Crippen molar-refractivity contribution in [3.05, 3.63) is 54.1 Å². The zero-order chi connectivity index (χ0) is 21.3. The minimum Gasteiger partial charge on any atom is -0.492 e. The van der Waals surface area contributed by atoms with Crippen LogP contribution in [0.25, 0.3) is 0 Å². The fourth-order valence-electron chi connectivity index (χ4n) is 2.68. The van der Waals surface area contributed by atoms with Gasteiger partial charge >= 0.3 is 0 Å². The highest BCUT2D eigenvalue weighted by atomic mass is 32.2. The van der Waals surface area contributed by atoms with E-state index in [9.17, 15) is 13.2 Å². The molecule has 2 rings (SSSR count). The molecule has 0 saturated heterocycles. The van der Waals surface area contributed by atoms with Gasteiger partial charge in [-0.1, -0.05) is 26.0 Å². The van der Waals surface area contributed by atoms with E-state index in [-0.39, 0.29) is 17.0 Å². The van der Waals surface area contributed by atoms with Crippen LogP contribution in [0.3, 0.4) is 0 Å². The molecule has 7 nitrogen and oxygen atoms in total. The van der Waals surface area contributed by atoms with Gasteiger partial charge < -0.3 is 15.0 Å². The SMILES string of the molecule is CCN(CC)CCOc1ccc(NC(=O)c2ccccc2NS(=O)(=O)CC)cc1. The van der Waals surface area contributed by atoms with Gasteiger partial charge in [0.1, 0.15) is 12.4 Å². The summed E-state index contributed by atoms with van der Waals surface area (Å²) >= 11 is 0. The number of para-hydroxylation sites is 1. The minimum absolute atomic E-state index is 0.0707. The van der Waals surface area contributed by atoms with E-state index >= 15 is 0 Å². The van der Waals surface area contributed by atoms with Crippen molar-refractivity contribution in [3.63, 3.8) is 0 Å². The van der Waals surface area contributed by atoms with Crippen LogP contribution in [-0.4, -0.2) is 51.2 Å². The summed E-state index contributed by atoms with van der Waals surface area (Å²) in [6.45, 7) is 9.20. The highest BCUT2D eigenvalue weighted by Crippen LogP contribution is 2.20. The maximum atomic E-state index is 12.6. The van der Waals surface area contributed by atoms with E-state index in [1.54, 1.807) is 48.5 Å². The largest absolute Gasteiger partial charge is 0.492 e. The van der Waals surface area contributed by atoms with Crippen molar-refractivity contribution < 1.29 is 17.9 Å². The number of hydrogen-bond acceptors (Lipinski definition) is 5. The van der Waals surface area contributed by atoms with Gasteiger partial charge in [-0.25, -0.2) is 8.42 Å². The molecule has 0 aromatic heterocycles. The number of ether oxygens (including phenoxy) is 1. The summed E-state index contributed by atoms with van der Waals surface area (Å²) in [6, 6.07) is 13.6. The lowest BCUT2D eigenvalue weighted by molar-refractivity contribution is 0.102. The Hall–Kier alpha value is -2.58.